The molecule has 1 fully saturated rings. The summed E-state index contributed by atoms with van der Waals surface area (Å²) in [5, 5.41) is 3.24. The normalized spacial score (nSPS) is 17.1. The SMILES string of the molecule is CC(C(=O)N(Cc1ccccc1)C(C)C)C1CNC1. The molecule has 0 bridgehead atoms. The molecule has 1 aromatic rings. The number of hydrogen-bond donors (Lipinski definition) is 1. The van der Waals surface area contributed by atoms with E-state index in [2.05, 4.69) is 38.2 Å². The van der Waals surface area contributed by atoms with Crippen LogP contribution in [0, 0.1) is 11.8 Å². The highest BCUT2D eigenvalue weighted by molar-refractivity contribution is 5.79. The molecule has 1 saturated heterocycles. The average molecular weight is 260 g/mol. The van der Waals surface area contributed by atoms with Crippen molar-refractivity contribution >= 4 is 5.91 Å². The van der Waals surface area contributed by atoms with Gasteiger partial charge < -0.3 is 10.2 Å². The Hall–Kier alpha value is -1.35. The van der Waals surface area contributed by atoms with Crippen LogP contribution >= 0.6 is 0 Å². The zero-order chi connectivity index (χ0) is 13.8. The molecule has 1 heterocycles. The zero-order valence-electron chi connectivity index (χ0n) is 12.1. The first kappa shape index (κ1) is 14.1. The van der Waals surface area contributed by atoms with Crippen molar-refractivity contribution in [1.82, 2.24) is 10.2 Å². The van der Waals surface area contributed by atoms with Crippen molar-refractivity contribution in [2.75, 3.05) is 13.1 Å². The summed E-state index contributed by atoms with van der Waals surface area (Å²) in [5.41, 5.74) is 1.20. The molecule has 1 unspecified atom stereocenters. The first-order valence-electron chi connectivity index (χ1n) is 7.14. The van der Waals surface area contributed by atoms with Gasteiger partial charge >= 0.3 is 0 Å². The van der Waals surface area contributed by atoms with Gasteiger partial charge in [0.1, 0.15) is 0 Å². The first-order valence-corrected chi connectivity index (χ1v) is 7.14. The van der Waals surface area contributed by atoms with E-state index in [0.717, 1.165) is 13.1 Å². The van der Waals surface area contributed by atoms with Crippen LogP contribution < -0.4 is 5.32 Å². The van der Waals surface area contributed by atoms with E-state index < -0.39 is 0 Å². The van der Waals surface area contributed by atoms with Crippen LogP contribution in [0.3, 0.4) is 0 Å². The largest absolute Gasteiger partial charge is 0.336 e. The summed E-state index contributed by atoms with van der Waals surface area (Å²) in [7, 11) is 0. The first-order chi connectivity index (χ1) is 9.09. The second-order valence-corrected chi connectivity index (χ2v) is 5.75. The van der Waals surface area contributed by atoms with Crippen molar-refractivity contribution in [1.29, 1.82) is 0 Å². The van der Waals surface area contributed by atoms with E-state index in [1.807, 2.05) is 23.1 Å². The highest BCUT2D eigenvalue weighted by atomic mass is 16.2. The average Bonchev–Trinajstić information content (AvgIpc) is 2.34. The van der Waals surface area contributed by atoms with Crippen molar-refractivity contribution in [2.24, 2.45) is 11.8 Å². The molecule has 1 aromatic carbocycles. The van der Waals surface area contributed by atoms with Crippen LogP contribution in [0.4, 0.5) is 0 Å². The summed E-state index contributed by atoms with van der Waals surface area (Å²) >= 11 is 0. The number of hydrogen-bond acceptors (Lipinski definition) is 2. The minimum absolute atomic E-state index is 0.118. The van der Waals surface area contributed by atoms with Crippen LogP contribution in [0.2, 0.25) is 0 Å². The third kappa shape index (κ3) is 3.35. The molecule has 0 spiro atoms. The maximum atomic E-state index is 12.6. The molecule has 0 aromatic heterocycles. The minimum atomic E-state index is 0.118. The lowest BCUT2D eigenvalue weighted by Crippen LogP contribution is -2.51. The van der Waals surface area contributed by atoms with Gasteiger partial charge in [-0.15, -0.1) is 0 Å². The third-order valence-corrected chi connectivity index (χ3v) is 4.01. The molecular formula is C16H24N2O. The van der Waals surface area contributed by atoms with Gasteiger partial charge in [0.2, 0.25) is 5.91 Å². The van der Waals surface area contributed by atoms with Gasteiger partial charge in [-0.05, 0) is 38.4 Å². The van der Waals surface area contributed by atoms with Gasteiger partial charge in [0, 0.05) is 18.5 Å². The molecule has 3 heteroatoms. The van der Waals surface area contributed by atoms with E-state index in [-0.39, 0.29) is 17.9 Å². The number of carbonyl (C=O) groups is 1. The standard InChI is InChI=1S/C16H24N2O/c1-12(2)18(11-14-7-5-4-6-8-14)16(19)13(3)15-9-17-10-15/h4-8,12-13,15,17H,9-11H2,1-3H3. The predicted molar refractivity (Wildman–Crippen MR) is 77.7 cm³/mol. The Morgan fingerprint density at radius 2 is 1.89 bits per heavy atom. The van der Waals surface area contributed by atoms with E-state index >= 15 is 0 Å². The van der Waals surface area contributed by atoms with Crippen LogP contribution in [-0.2, 0) is 11.3 Å². The Labute approximate surface area is 116 Å². The number of carbonyl (C=O) groups excluding carboxylic acids is 1. The molecule has 1 aliphatic heterocycles. The van der Waals surface area contributed by atoms with Crippen molar-refractivity contribution in [3.05, 3.63) is 35.9 Å². The van der Waals surface area contributed by atoms with Gasteiger partial charge in [-0.3, -0.25) is 4.79 Å². The fourth-order valence-electron chi connectivity index (χ4n) is 2.42. The van der Waals surface area contributed by atoms with Crippen molar-refractivity contribution in [3.63, 3.8) is 0 Å². The quantitative estimate of drug-likeness (QED) is 0.881. The van der Waals surface area contributed by atoms with Crippen molar-refractivity contribution in [3.8, 4) is 0 Å². The molecular weight excluding hydrogens is 236 g/mol. The van der Waals surface area contributed by atoms with Crippen molar-refractivity contribution in [2.45, 2.75) is 33.4 Å². The molecule has 1 atom stereocenters. The van der Waals surface area contributed by atoms with E-state index in [9.17, 15) is 4.79 Å². The molecule has 1 amide bonds. The Balaban J connectivity index is 2.04. The van der Waals surface area contributed by atoms with Crippen LogP contribution in [-0.4, -0.2) is 29.9 Å². The van der Waals surface area contributed by atoms with E-state index in [1.54, 1.807) is 0 Å². The maximum Gasteiger partial charge on any atom is 0.226 e. The lowest BCUT2D eigenvalue weighted by atomic mass is 9.87. The zero-order valence-corrected chi connectivity index (χ0v) is 12.1. The number of benzene rings is 1. The van der Waals surface area contributed by atoms with Crippen LogP contribution in [0.25, 0.3) is 0 Å². The van der Waals surface area contributed by atoms with Gasteiger partial charge in [-0.2, -0.15) is 0 Å². The molecule has 1 aliphatic rings. The molecule has 104 valence electrons. The molecule has 19 heavy (non-hydrogen) atoms. The lowest BCUT2D eigenvalue weighted by molar-refractivity contribution is -0.139. The Bertz CT molecular complexity index is 412. The molecule has 0 saturated carbocycles. The van der Waals surface area contributed by atoms with Gasteiger partial charge in [-0.25, -0.2) is 0 Å². The summed E-state index contributed by atoms with van der Waals surface area (Å²) in [4.78, 5) is 14.6. The molecule has 1 N–H and O–H groups in total. The Morgan fingerprint density at radius 3 is 2.37 bits per heavy atom. The minimum Gasteiger partial charge on any atom is -0.336 e. The van der Waals surface area contributed by atoms with E-state index in [1.165, 1.54) is 5.56 Å². The topological polar surface area (TPSA) is 32.3 Å². The maximum absolute atomic E-state index is 12.6. The fourth-order valence-corrected chi connectivity index (χ4v) is 2.42. The smallest absolute Gasteiger partial charge is 0.226 e. The van der Waals surface area contributed by atoms with Crippen LogP contribution in [0.15, 0.2) is 30.3 Å². The summed E-state index contributed by atoms with van der Waals surface area (Å²) in [5.74, 6) is 0.905. The summed E-state index contributed by atoms with van der Waals surface area (Å²) in [6.45, 7) is 8.91. The lowest BCUT2D eigenvalue weighted by Gasteiger charge is -2.36. The van der Waals surface area contributed by atoms with Gasteiger partial charge in [0.05, 0.1) is 0 Å². The van der Waals surface area contributed by atoms with E-state index in [0.29, 0.717) is 12.5 Å². The highest BCUT2D eigenvalue weighted by Gasteiger charge is 2.32. The number of nitrogens with one attached hydrogen (secondary N) is 1. The van der Waals surface area contributed by atoms with E-state index in [4.69, 9.17) is 0 Å². The van der Waals surface area contributed by atoms with Crippen molar-refractivity contribution < 1.29 is 4.79 Å². The number of amides is 1. The molecule has 0 aliphatic carbocycles. The molecule has 2 rings (SSSR count). The number of nitrogens with zero attached hydrogens (tertiary/aromatic N) is 1. The van der Waals surface area contributed by atoms with Gasteiger partial charge in [0.15, 0.2) is 0 Å². The molecule has 0 radical (unpaired) electrons. The highest BCUT2D eigenvalue weighted by Crippen LogP contribution is 2.21. The fraction of sp³-hybridized carbons (Fsp3) is 0.562. The number of rotatable bonds is 5. The van der Waals surface area contributed by atoms with Crippen LogP contribution in [0.5, 0.6) is 0 Å². The summed E-state index contributed by atoms with van der Waals surface area (Å²) in [6, 6.07) is 10.5. The Kier molecular flexibility index (Phi) is 4.59. The Morgan fingerprint density at radius 1 is 1.26 bits per heavy atom. The summed E-state index contributed by atoms with van der Waals surface area (Å²) in [6.07, 6.45) is 0. The second-order valence-electron chi connectivity index (χ2n) is 5.75. The van der Waals surface area contributed by atoms with Gasteiger partial charge in [-0.1, -0.05) is 37.3 Å². The van der Waals surface area contributed by atoms with Crippen LogP contribution in [0.1, 0.15) is 26.3 Å². The monoisotopic (exact) mass is 260 g/mol. The molecule has 3 nitrogen and oxygen atoms in total. The third-order valence-electron chi connectivity index (χ3n) is 4.01. The van der Waals surface area contributed by atoms with Gasteiger partial charge in [0.25, 0.3) is 0 Å². The predicted octanol–water partition coefficient (Wildman–Crippen LogP) is 2.28. The summed E-state index contributed by atoms with van der Waals surface area (Å²) < 4.78 is 0. The second kappa shape index (κ2) is 6.20.